The van der Waals surface area contributed by atoms with Gasteiger partial charge in [-0.3, -0.25) is 0 Å². The van der Waals surface area contributed by atoms with Gasteiger partial charge in [-0.05, 0) is 41.5 Å². The summed E-state index contributed by atoms with van der Waals surface area (Å²) in [5.74, 6) is 0. The van der Waals surface area contributed by atoms with E-state index in [9.17, 15) is 4.79 Å². The van der Waals surface area contributed by atoms with Crippen LogP contribution in [-0.4, -0.2) is 24.1 Å². The van der Waals surface area contributed by atoms with E-state index in [1.54, 1.807) is 17.9 Å². The smallest absolute Gasteiger partial charge is 0.410 e. The Hall–Kier alpha value is -3.10. The Labute approximate surface area is 162 Å². The second-order valence-corrected chi connectivity index (χ2v) is 7.05. The molecule has 0 unspecified atom stereocenters. The molecule has 27 heavy (non-hydrogen) atoms. The lowest BCUT2D eigenvalue weighted by atomic mass is 10.0. The highest BCUT2D eigenvalue weighted by atomic mass is 32.1. The van der Waals surface area contributed by atoms with Gasteiger partial charge in [0.2, 0.25) is 0 Å². The van der Waals surface area contributed by atoms with E-state index in [-0.39, 0.29) is 6.09 Å². The van der Waals surface area contributed by atoms with Crippen LogP contribution in [0, 0.1) is 11.3 Å². The number of nitrogens with zero attached hydrogens (tertiary/aromatic N) is 2. The summed E-state index contributed by atoms with van der Waals surface area (Å²) < 4.78 is 5.23. The first kappa shape index (κ1) is 18.7. The monoisotopic (exact) mass is 376 g/mol. The molecule has 1 amide bonds. The molecule has 4 nitrogen and oxygen atoms in total. The summed E-state index contributed by atoms with van der Waals surface area (Å²) in [6, 6.07) is 20.1. The summed E-state index contributed by atoms with van der Waals surface area (Å²) in [5, 5.41) is 11.2. The van der Waals surface area contributed by atoms with E-state index in [0.717, 1.165) is 21.2 Å². The van der Waals surface area contributed by atoms with Gasteiger partial charge in [0, 0.05) is 18.0 Å². The van der Waals surface area contributed by atoms with Crippen molar-refractivity contribution in [3.63, 3.8) is 0 Å². The minimum Gasteiger partial charge on any atom is -0.450 e. The molecule has 0 saturated heterocycles. The molecular formula is C22H20N2O2S. The van der Waals surface area contributed by atoms with Crippen LogP contribution in [0.5, 0.6) is 0 Å². The fourth-order valence-electron chi connectivity index (χ4n) is 2.85. The molecule has 0 aliphatic rings. The number of fused-ring (bicyclic) bond motifs is 1. The molecule has 0 aliphatic heterocycles. The standard InChI is InChI=1S/C22H20N2O2S/c1-2-26-22(25)24(14-6-10-19-12-13-20(15-23)27-19)16-18-9-5-8-17-7-3-4-11-21(17)18/h3-13H,2,14,16H2,1H3/b10-6+. The zero-order valence-corrected chi connectivity index (χ0v) is 15.9. The number of carbonyl (C=O) groups excluding carboxylic acids is 1. The van der Waals surface area contributed by atoms with Crippen LogP contribution in [0.4, 0.5) is 4.79 Å². The number of amides is 1. The van der Waals surface area contributed by atoms with Gasteiger partial charge in [-0.25, -0.2) is 4.79 Å². The second kappa shape index (κ2) is 9.02. The lowest BCUT2D eigenvalue weighted by molar-refractivity contribution is 0.109. The van der Waals surface area contributed by atoms with Crippen molar-refractivity contribution in [2.75, 3.05) is 13.2 Å². The van der Waals surface area contributed by atoms with Crippen molar-refractivity contribution >= 4 is 34.3 Å². The third-order valence-electron chi connectivity index (χ3n) is 4.11. The summed E-state index contributed by atoms with van der Waals surface area (Å²) in [7, 11) is 0. The molecule has 0 saturated carbocycles. The maximum atomic E-state index is 12.4. The van der Waals surface area contributed by atoms with Crippen molar-refractivity contribution in [2.45, 2.75) is 13.5 Å². The normalized spacial score (nSPS) is 10.8. The fourth-order valence-corrected chi connectivity index (χ4v) is 3.59. The number of hydrogen-bond donors (Lipinski definition) is 0. The summed E-state index contributed by atoms with van der Waals surface area (Å²) in [5.41, 5.74) is 1.08. The van der Waals surface area contributed by atoms with E-state index in [2.05, 4.69) is 24.3 Å². The van der Waals surface area contributed by atoms with Gasteiger partial charge in [0.25, 0.3) is 0 Å². The van der Waals surface area contributed by atoms with Gasteiger partial charge in [0.15, 0.2) is 0 Å². The van der Waals surface area contributed by atoms with Gasteiger partial charge in [-0.2, -0.15) is 5.26 Å². The van der Waals surface area contributed by atoms with E-state index >= 15 is 0 Å². The first-order valence-electron chi connectivity index (χ1n) is 8.76. The predicted octanol–water partition coefficient (Wildman–Crippen LogP) is 5.44. The molecule has 0 atom stereocenters. The third kappa shape index (κ3) is 4.75. The average molecular weight is 376 g/mol. The zero-order valence-electron chi connectivity index (χ0n) is 15.1. The van der Waals surface area contributed by atoms with Crippen molar-refractivity contribution in [1.82, 2.24) is 4.90 Å². The number of rotatable bonds is 6. The van der Waals surface area contributed by atoms with Crippen LogP contribution >= 0.6 is 11.3 Å². The van der Waals surface area contributed by atoms with E-state index < -0.39 is 0 Å². The van der Waals surface area contributed by atoms with Crippen molar-refractivity contribution in [3.8, 4) is 6.07 Å². The van der Waals surface area contributed by atoms with Crippen LogP contribution in [-0.2, 0) is 11.3 Å². The molecule has 0 aliphatic carbocycles. The topological polar surface area (TPSA) is 53.3 Å². The molecule has 0 bridgehead atoms. The van der Waals surface area contributed by atoms with Crippen molar-refractivity contribution in [3.05, 3.63) is 76.0 Å². The Morgan fingerprint density at radius 1 is 1.19 bits per heavy atom. The minimum atomic E-state index is -0.334. The van der Waals surface area contributed by atoms with Gasteiger partial charge in [-0.15, -0.1) is 11.3 Å². The average Bonchev–Trinajstić information content (AvgIpc) is 3.15. The fraction of sp³-hybridized carbons (Fsp3) is 0.182. The number of benzene rings is 2. The number of hydrogen-bond acceptors (Lipinski definition) is 4. The molecule has 3 aromatic rings. The summed E-state index contributed by atoms with van der Waals surface area (Å²) in [4.78, 5) is 15.7. The number of carbonyl (C=O) groups is 1. The lowest BCUT2D eigenvalue weighted by Crippen LogP contribution is -2.31. The number of nitriles is 1. The summed E-state index contributed by atoms with van der Waals surface area (Å²) in [6.07, 6.45) is 3.52. The van der Waals surface area contributed by atoms with Crippen LogP contribution in [0.15, 0.2) is 60.7 Å². The van der Waals surface area contributed by atoms with Gasteiger partial charge < -0.3 is 9.64 Å². The van der Waals surface area contributed by atoms with Crippen LogP contribution in [0.3, 0.4) is 0 Å². The quantitative estimate of drug-likeness (QED) is 0.575. The molecular weight excluding hydrogens is 356 g/mol. The largest absolute Gasteiger partial charge is 0.450 e. The summed E-state index contributed by atoms with van der Waals surface area (Å²) in [6.45, 7) is 3.05. The SMILES string of the molecule is CCOC(=O)N(C/C=C/c1ccc(C#N)s1)Cc1cccc2ccccc12. The Bertz CT molecular complexity index is 995. The highest BCUT2D eigenvalue weighted by molar-refractivity contribution is 7.13. The van der Waals surface area contributed by atoms with Gasteiger partial charge in [0.1, 0.15) is 10.9 Å². The Morgan fingerprint density at radius 2 is 2.00 bits per heavy atom. The van der Waals surface area contributed by atoms with E-state index in [4.69, 9.17) is 10.00 Å². The molecule has 3 rings (SSSR count). The van der Waals surface area contributed by atoms with E-state index in [1.165, 1.54) is 11.3 Å². The van der Waals surface area contributed by atoms with Crippen molar-refractivity contribution in [1.29, 1.82) is 5.26 Å². The Balaban J connectivity index is 1.78. The first-order valence-corrected chi connectivity index (χ1v) is 9.57. The number of ether oxygens (including phenoxy) is 1. The maximum Gasteiger partial charge on any atom is 0.410 e. The Morgan fingerprint density at radius 3 is 2.78 bits per heavy atom. The van der Waals surface area contributed by atoms with Crippen LogP contribution in [0.1, 0.15) is 22.2 Å². The predicted molar refractivity (Wildman–Crippen MR) is 109 cm³/mol. The van der Waals surface area contributed by atoms with Gasteiger partial charge in [-0.1, -0.05) is 48.5 Å². The first-order chi connectivity index (χ1) is 13.2. The Kier molecular flexibility index (Phi) is 6.24. The molecule has 5 heteroatoms. The summed E-state index contributed by atoms with van der Waals surface area (Å²) >= 11 is 1.43. The van der Waals surface area contributed by atoms with Crippen LogP contribution in [0.25, 0.3) is 16.8 Å². The second-order valence-electron chi connectivity index (χ2n) is 5.93. The maximum absolute atomic E-state index is 12.4. The highest BCUT2D eigenvalue weighted by Gasteiger charge is 2.15. The van der Waals surface area contributed by atoms with E-state index in [1.807, 2.05) is 42.5 Å². The van der Waals surface area contributed by atoms with Crippen molar-refractivity contribution < 1.29 is 9.53 Å². The molecule has 2 aromatic carbocycles. The molecule has 0 fully saturated rings. The number of thiophene rings is 1. The molecule has 0 N–H and O–H groups in total. The molecule has 0 radical (unpaired) electrons. The van der Waals surface area contributed by atoms with Crippen LogP contribution in [0.2, 0.25) is 0 Å². The molecule has 1 heterocycles. The molecule has 136 valence electrons. The molecule has 0 spiro atoms. The lowest BCUT2D eigenvalue weighted by Gasteiger charge is -2.21. The molecule has 1 aromatic heterocycles. The van der Waals surface area contributed by atoms with E-state index in [0.29, 0.717) is 24.6 Å². The van der Waals surface area contributed by atoms with Crippen LogP contribution < -0.4 is 0 Å². The minimum absolute atomic E-state index is 0.334. The highest BCUT2D eigenvalue weighted by Crippen LogP contribution is 2.21. The van der Waals surface area contributed by atoms with Crippen molar-refractivity contribution in [2.24, 2.45) is 0 Å². The van der Waals surface area contributed by atoms with Gasteiger partial charge in [0.05, 0.1) is 6.61 Å². The zero-order chi connectivity index (χ0) is 19.1. The third-order valence-corrected chi connectivity index (χ3v) is 5.07. The van der Waals surface area contributed by atoms with Gasteiger partial charge >= 0.3 is 6.09 Å².